The van der Waals surface area contributed by atoms with E-state index in [1.807, 2.05) is 0 Å². The zero-order valence-electron chi connectivity index (χ0n) is 8.04. The van der Waals surface area contributed by atoms with Gasteiger partial charge in [0.2, 0.25) is 10.4 Å². The van der Waals surface area contributed by atoms with E-state index in [0.29, 0.717) is 6.61 Å². The van der Waals surface area contributed by atoms with E-state index in [9.17, 15) is 9.59 Å². The second-order valence-electron chi connectivity index (χ2n) is 3.11. The molecule has 0 unspecified atom stereocenters. The molecule has 1 aliphatic heterocycles. The van der Waals surface area contributed by atoms with Gasteiger partial charge in [0.1, 0.15) is 0 Å². The van der Waals surface area contributed by atoms with Crippen molar-refractivity contribution in [1.29, 1.82) is 0 Å². The Hall–Kier alpha value is -0.580. The first-order valence-corrected chi connectivity index (χ1v) is 5.14. The maximum absolute atomic E-state index is 11.6. The summed E-state index contributed by atoms with van der Waals surface area (Å²) in [6.07, 6.45) is 0.840. The molecular weight excluding hydrogens is 241 g/mol. The molecule has 0 spiro atoms. The van der Waals surface area contributed by atoms with E-state index in [1.54, 1.807) is 0 Å². The Morgan fingerprint density at radius 1 is 1.53 bits per heavy atom. The van der Waals surface area contributed by atoms with Crippen molar-refractivity contribution < 1.29 is 14.3 Å². The summed E-state index contributed by atoms with van der Waals surface area (Å²) in [7, 11) is 0. The lowest BCUT2D eigenvalue weighted by molar-refractivity contribution is -0.140. The SMILES string of the molecule is C=CC(=O)CC(=O)N1CCOCC1(Cl)Cl. The molecule has 1 fully saturated rings. The van der Waals surface area contributed by atoms with Crippen molar-refractivity contribution in [2.75, 3.05) is 19.8 Å². The van der Waals surface area contributed by atoms with Gasteiger partial charge in [0.15, 0.2) is 5.78 Å². The van der Waals surface area contributed by atoms with Crippen molar-refractivity contribution in [1.82, 2.24) is 4.90 Å². The van der Waals surface area contributed by atoms with Crippen molar-refractivity contribution in [3.05, 3.63) is 12.7 Å². The molecule has 1 rings (SSSR count). The van der Waals surface area contributed by atoms with E-state index in [4.69, 9.17) is 27.9 Å². The molecule has 6 heteroatoms. The zero-order valence-corrected chi connectivity index (χ0v) is 9.55. The highest BCUT2D eigenvalue weighted by molar-refractivity contribution is 6.49. The molecule has 0 aliphatic carbocycles. The van der Waals surface area contributed by atoms with Crippen molar-refractivity contribution in [2.24, 2.45) is 0 Å². The molecule has 1 saturated heterocycles. The van der Waals surface area contributed by atoms with Crippen LogP contribution < -0.4 is 0 Å². The Morgan fingerprint density at radius 3 is 2.73 bits per heavy atom. The van der Waals surface area contributed by atoms with E-state index in [2.05, 4.69) is 6.58 Å². The molecular formula is C9H11Cl2NO3. The minimum absolute atomic E-state index is 0.0458. The maximum atomic E-state index is 11.6. The Bertz CT molecular complexity index is 291. The maximum Gasteiger partial charge on any atom is 0.232 e. The van der Waals surface area contributed by atoms with E-state index in [0.717, 1.165) is 6.08 Å². The van der Waals surface area contributed by atoms with Gasteiger partial charge in [0.05, 0.1) is 19.6 Å². The molecule has 0 N–H and O–H groups in total. The topological polar surface area (TPSA) is 46.6 Å². The normalized spacial score (nSPS) is 19.7. The average molecular weight is 252 g/mol. The average Bonchev–Trinajstić information content (AvgIpc) is 2.16. The molecule has 0 bridgehead atoms. The summed E-state index contributed by atoms with van der Waals surface area (Å²) < 4.78 is 3.66. The second-order valence-corrected chi connectivity index (χ2v) is 4.56. The second kappa shape index (κ2) is 4.96. The Labute approximate surface area is 97.8 Å². The van der Waals surface area contributed by atoms with Gasteiger partial charge in [0.25, 0.3) is 0 Å². The molecule has 15 heavy (non-hydrogen) atoms. The van der Waals surface area contributed by atoms with Gasteiger partial charge in [-0.15, -0.1) is 0 Å². The predicted octanol–water partition coefficient (Wildman–Crippen LogP) is 1.12. The van der Waals surface area contributed by atoms with Gasteiger partial charge in [-0.2, -0.15) is 0 Å². The Kier molecular flexibility index (Phi) is 4.13. The smallest absolute Gasteiger partial charge is 0.232 e. The van der Waals surface area contributed by atoms with Gasteiger partial charge in [-0.1, -0.05) is 29.8 Å². The number of ketones is 1. The number of halogens is 2. The van der Waals surface area contributed by atoms with Gasteiger partial charge in [0, 0.05) is 6.54 Å². The van der Waals surface area contributed by atoms with Crippen LogP contribution in [0.4, 0.5) is 0 Å². The molecule has 0 saturated carbocycles. The van der Waals surface area contributed by atoms with Crippen LogP contribution in [0.5, 0.6) is 0 Å². The van der Waals surface area contributed by atoms with Crippen LogP contribution >= 0.6 is 23.2 Å². The summed E-state index contributed by atoms with van der Waals surface area (Å²) in [6.45, 7) is 3.99. The lowest BCUT2D eigenvalue weighted by Crippen LogP contribution is -2.52. The summed E-state index contributed by atoms with van der Waals surface area (Å²) in [5.41, 5.74) is 0. The minimum atomic E-state index is -1.38. The van der Waals surface area contributed by atoms with Crippen LogP contribution in [0.1, 0.15) is 6.42 Å². The Balaban J connectivity index is 2.64. The van der Waals surface area contributed by atoms with Gasteiger partial charge >= 0.3 is 0 Å². The third-order valence-electron chi connectivity index (χ3n) is 1.98. The quantitative estimate of drug-likeness (QED) is 0.327. The van der Waals surface area contributed by atoms with Crippen LogP contribution in [0.25, 0.3) is 0 Å². The van der Waals surface area contributed by atoms with Crippen LogP contribution in [0.15, 0.2) is 12.7 Å². The number of alkyl halides is 2. The van der Waals surface area contributed by atoms with Crippen LogP contribution in [-0.4, -0.2) is 40.8 Å². The van der Waals surface area contributed by atoms with Gasteiger partial charge in [-0.3, -0.25) is 9.59 Å². The standard InChI is InChI=1S/C9H11Cl2NO3/c1-2-7(13)5-8(14)12-3-4-15-6-9(12,10)11/h2H,1,3-6H2. The lowest BCUT2D eigenvalue weighted by atomic mass is 10.2. The minimum Gasteiger partial charge on any atom is -0.374 e. The highest BCUT2D eigenvalue weighted by atomic mass is 35.5. The van der Waals surface area contributed by atoms with E-state index in [1.165, 1.54) is 4.90 Å². The van der Waals surface area contributed by atoms with Crippen molar-refractivity contribution in [3.63, 3.8) is 0 Å². The summed E-state index contributed by atoms with van der Waals surface area (Å²) in [4.78, 5) is 23.8. The fourth-order valence-electron chi connectivity index (χ4n) is 1.22. The highest BCUT2D eigenvalue weighted by Gasteiger charge is 2.39. The third-order valence-corrected chi connectivity index (χ3v) is 2.61. The molecule has 1 aliphatic rings. The largest absolute Gasteiger partial charge is 0.374 e. The van der Waals surface area contributed by atoms with Crippen molar-refractivity contribution >= 4 is 34.9 Å². The fraction of sp³-hybridized carbons (Fsp3) is 0.556. The van der Waals surface area contributed by atoms with Crippen LogP contribution in [0.3, 0.4) is 0 Å². The first-order chi connectivity index (χ1) is 6.97. The number of carbonyl (C=O) groups is 2. The zero-order chi connectivity index (χ0) is 11.5. The van der Waals surface area contributed by atoms with Gasteiger partial charge in [-0.25, -0.2) is 0 Å². The molecule has 4 nitrogen and oxygen atoms in total. The number of hydrogen-bond acceptors (Lipinski definition) is 3. The number of rotatable bonds is 3. The van der Waals surface area contributed by atoms with Gasteiger partial charge < -0.3 is 9.64 Å². The lowest BCUT2D eigenvalue weighted by Gasteiger charge is -2.37. The molecule has 1 heterocycles. The first kappa shape index (κ1) is 12.5. The van der Waals surface area contributed by atoms with Crippen molar-refractivity contribution in [3.8, 4) is 0 Å². The van der Waals surface area contributed by atoms with E-state index < -0.39 is 10.4 Å². The number of carbonyl (C=O) groups excluding carboxylic acids is 2. The van der Waals surface area contributed by atoms with E-state index >= 15 is 0 Å². The van der Waals surface area contributed by atoms with Crippen LogP contribution in [0.2, 0.25) is 0 Å². The van der Waals surface area contributed by atoms with Crippen LogP contribution in [0, 0.1) is 0 Å². The molecule has 0 aromatic carbocycles. The number of ether oxygens (including phenoxy) is 1. The molecule has 0 radical (unpaired) electrons. The third kappa shape index (κ3) is 3.19. The van der Waals surface area contributed by atoms with Crippen molar-refractivity contribution in [2.45, 2.75) is 10.9 Å². The first-order valence-electron chi connectivity index (χ1n) is 4.38. The van der Waals surface area contributed by atoms with E-state index in [-0.39, 0.29) is 25.4 Å². The predicted molar refractivity (Wildman–Crippen MR) is 56.8 cm³/mol. The number of allylic oxidation sites excluding steroid dienone is 1. The number of hydrogen-bond donors (Lipinski definition) is 0. The van der Waals surface area contributed by atoms with Gasteiger partial charge in [-0.05, 0) is 6.08 Å². The monoisotopic (exact) mass is 251 g/mol. The molecule has 0 aromatic heterocycles. The summed E-state index contributed by atoms with van der Waals surface area (Å²) >= 11 is 11.7. The van der Waals surface area contributed by atoms with Crippen LogP contribution in [-0.2, 0) is 14.3 Å². The fourth-order valence-corrected chi connectivity index (χ4v) is 1.73. The Morgan fingerprint density at radius 2 is 2.20 bits per heavy atom. The summed E-state index contributed by atoms with van der Waals surface area (Å²) in [5, 5.41) is 0. The molecule has 1 amide bonds. The number of morpholine rings is 1. The molecule has 0 aromatic rings. The number of nitrogens with zero attached hydrogens (tertiary/aromatic N) is 1. The highest BCUT2D eigenvalue weighted by Crippen LogP contribution is 2.29. The molecule has 84 valence electrons. The summed E-state index contributed by atoms with van der Waals surface area (Å²) in [6, 6.07) is 0. The number of amides is 1. The summed E-state index contributed by atoms with van der Waals surface area (Å²) in [5.74, 6) is -0.760. The molecule has 0 atom stereocenters.